The normalized spacial score (nSPS) is 16.1. The minimum Gasteiger partial charge on any atom is -0.351 e. The maximum atomic E-state index is 12.4. The summed E-state index contributed by atoms with van der Waals surface area (Å²) in [5.74, 6) is 2.00. The molecule has 0 aliphatic carbocycles. The number of carbonyl (C=O) groups excluding carboxylic acids is 1. The van der Waals surface area contributed by atoms with E-state index in [0.29, 0.717) is 6.42 Å². The number of carbonyl (C=O) groups is 1. The van der Waals surface area contributed by atoms with Crippen LogP contribution in [0.4, 0.5) is 0 Å². The number of nitrogens with one attached hydrogen (secondary N) is 1. The second-order valence-corrected chi connectivity index (χ2v) is 6.82. The van der Waals surface area contributed by atoms with E-state index in [0.717, 1.165) is 42.2 Å². The van der Waals surface area contributed by atoms with Crippen molar-refractivity contribution in [3.05, 3.63) is 71.8 Å². The minimum atomic E-state index is 0.0663. The van der Waals surface area contributed by atoms with E-state index in [9.17, 15) is 4.79 Å². The van der Waals surface area contributed by atoms with Crippen LogP contribution in [0.2, 0.25) is 0 Å². The van der Waals surface area contributed by atoms with Crippen LogP contribution in [0, 0.1) is 6.92 Å². The number of fused-ring (bicyclic) bond motifs is 1. The van der Waals surface area contributed by atoms with Gasteiger partial charge in [-0.2, -0.15) is 0 Å². The van der Waals surface area contributed by atoms with Crippen LogP contribution in [0.3, 0.4) is 0 Å². The van der Waals surface area contributed by atoms with Gasteiger partial charge in [0.25, 0.3) is 0 Å². The van der Waals surface area contributed by atoms with Crippen molar-refractivity contribution in [2.24, 2.45) is 0 Å². The van der Waals surface area contributed by atoms with Crippen LogP contribution in [0.25, 0.3) is 11.1 Å². The quantitative estimate of drug-likeness (QED) is 0.790. The summed E-state index contributed by atoms with van der Waals surface area (Å²) in [6, 6.07) is 18.6. The molecule has 1 atom stereocenters. The van der Waals surface area contributed by atoms with Gasteiger partial charge in [0.1, 0.15) is 11.6 Å². The van der Waals surface area contributed by atoms with Crippen molar-refractivity contribution < 1.29 is 4.79 Å². The van der Waals surface area contributed by atoms with Crippen molar-refractivity contribution in [3.63, 3.8) is 0 Å². The summed E-state index contributed by atoms with van der Waals surface area (Å²) in [4.78, 5) is 12.4. The monoisotopic (exact) mass is 346 g/mol. The Labute approximate surface area is 153 Å². The maximum Gasteiger partial charge on any atom is 0.224 e. The van der Waals surface area contributed by atoms with Crippen LogP contribution in [0.1, 0.15) is 23.6 Å². The van der Waals surface area contributed by atoms with Gasteiger partial charge in [-0.15, -0.1) is 10.2 Å². The first-order chi connectivity index (χ1) is 12.7. The molecular formula is C21H22N4O. The molecular weight excluding hydrogens is 324 g/mol. The Hall–Kier alpha value is -2.95. The number of amides is 1. The van der Waals surface area contributed by atoms with E-state index in [1.807, 2.05) is 37.3 Å². The van der Waals surface area contributed by atoms with Gasteiger partial charge in [-0.05, 0) is 30.0 Å². The highest BCUT2D eigenvalue weighted by molar-refractivity contribution is 5.79. The molecule has 0 bridgehead atoms. The molecule has 0 radical (unpaired) electrons. The number of nitrogens with zero attached hydrogens (tertiary/aromatic N) is 3. The number of benzene rings is 2. The van der Waals surface area contributed by atoms with Crippen molar-refractivity contribution in [2.45, 2.75) is 38.8 Å². The average molecular weight is 346 g/mol. The Kier molecular flexibility index (Phi) is 4.52. The largest absolute Gasteiger partial charge is 0.351 e. The van der Waals surface area contributed by atoms with Crippen molar-refractivity contribution in [2.75, 3.05) is 0 Å². The van der Waals surface area contributed by atoms with Crippen LogP contribution in [0.15, 0.2) is 54.6 Å². The number of hydrogen-bond acceptors (Lipinski definition) is 3. The average Bonchev–Trinajstić information content (AvgIpc) is 3.03. The fourth-order valence-electron chi connectivity index (χ4n) is 3.49. The predicted molar refractivity (Wildman–Crippen MR) is 101 cm³/mol. The summed E-state index contributed by atoms with van der Waals surface area (Å²) >= 11 is 0. The molecule has 0 unspecified atom stereocenters. The molecule has 5 nitrogen and oxygen atoms in total. The van der Waals surface area contributed by atoms with Crippen LogP contribution < -0.4 is 5.32 Å². The molecule has 1 N–H and O–H groups in total. The summed E-state index contributed by atoms with van der Waals surface area (Å²) in [6.07, 6.45) is 2.17. The van der Waals surface area contributed by atoms with E-state index in [1.54, 1.807) is 0 Å². The number of rotatable bonds is 4. The first-order valence-corrected chi connectivity index (χ1v) is 9.01. The number of hydrogen-bond donors (Lipinski definition) is 1. The lowest BCUT2D eigenvalue weighted by molar-refractivity contribution is -0.121. The molecule has 1 amide bonds. The Morgan fingerprint density at radius 1 is 1.08 bits per heavy atom. The van der Waals surface area contributed by atoms with Crippen molar-refractivity contribution in [3.8, 4) is 11.1 Å². The van der Waals surface area contributed by atoms with Crippen molar-refractivity contribution >= 4 is 5.91 Å². The van der Waals surface area contributed by atoms with Gasteiger partial charge in [-0.25, -0.2) is 0 Å². The van der Waals surface area contributed by atoms with E-state index < -0.39 is 0 Å². The molecule has 0 saturated carbocycles. The van der Waals surface area contributed by atoms with E-state index in [1.165, 1.54) is 5.56 Å². The first kappa shape index (κ1) is 16.5. The zero-order valence-electron chi connectivity index (χ0n) is 14.9. The molecule has 1 aromatic heterocycles. The van der Waals surface area contributed by atoms with Gasteiger partial charge in [0.15, 0.2) is 0 Å². The van der Waals surface area contributed by atoms with E-state index >= 15 is 0 Å². The van der Waals surface area contributed by atoms with E-state index in [2.05, 4.69) is 44.3 Å². The minimum absolute atomic E-state index is 0.0663. The highest BCUT2D eigenvalue weighted by Crippen LogP contribution is 2.19. The fourth-order valence-corrected chi connectivity index (χ4v) is 3.49. The topological polar surface area (TPSA) is 59.8 Å². The van der Waals surface area contributed by atoms with Gasteiger partial charge in [0.05, 0.1) is 6.42 Å². The molecule has 132 valence electrons. The van der Waals surface area contributed by atoms with Gasteiger partial charge in [0.2, 0.25) is 5.91 Å². The molecule has 4 rings (SSSR count). The summed E-state index contributed by atoms with van der Waals surface area (Å²) in [7, 11) is 0. The van der Waals surface area contributed by atoms with Gasteiger partial charge in [-0.3, -0.25) is 4.79 Å². The molecule has 3 aromatic rings. The lowest BCUT2D eigenvalue weighted by atomic mass is 10.0. The maximum absolute atomic E-state index is 12.4. The Morgan fingerprint density at radius 2 is 1.81 bits per heavy atom. The van der Waals surface area contributed by atoms with Gasteiger partial charge in [0, 0.05) is 19.0 Å². The predicted octanol–water partition coefficient (Wildman–Crippen LogP) is 2.93. The van der Waals surface area contributed by atoms with Gasteiger partial charge >= 0.3 is 0 Å². The summed E-state index contributed by atoms with van der Waals surface area (Å²) in [5.41, 5.74) is 3.38. The zero-order valence-corrected chi connectivity index (χ0v) is 14.9. The van der Waals surface area contributed by atoms with Crippen LogP contribution in [0.5, 0.6) is 0 Å². The van der Waals surface area contributed by atoms with E-state index in [4.69, 9.17) is 0 Å². The van der Waals surface area contributed by atoms with Crippen LogP contribution in [-0.4, -0.2) is 26.7 Å². The molecule has 26 heavy (non-hydrogen) atoms. The highest BCUT2D eigenvalue weighted by atomic mass is 16.1. The second kappa shape index (κ2) is 7.12. The summed E-state index contributed by atoms with van der Waals surface area (Å²) < 4.78 is 2.10. The molecule has 2 heterocycles. The van der Waals surface area contributed by atoms with Gasteiger partial charge < -0.3 is 9.88 Å². The first-order valence-electron chi connectivity index (χ1n) is 9.01. The molecule has 1 aliphatic heterocycles. The summed E-state index contributed by atoms with van der Waals surface area (Å²) in [6.45, 7) is 2.71. The Bertz CT molecular complexity index is 900. The smallest absolute Gasteiger partial charge is 0.224 e. The number of aromatic nitrogens is 3. The molecule has 2 aromatic carbocycles. The SMILES string of the molecule is Cc1nnc2n1C[C@H](NC(=O)Cc1ccc(-c3ccccc3)cc1)CC2. The zero-order chi connectivity index (χ0) is 17.9. The molecule has 5 heteroatoms. The molecule has 0 saturated heterocycles. The molecule has 0 fully saturated rings. The number of aryl methyl sites for hydroxylation is 2. The van der Waals surface area contributed by atoms with Crippen molar-refractivity contribution in [1.82, 2.24) is 20.1 Å². The van der Waals surface area contributed by atoms with E-state index in [-0.39, 0.29) is 11.9 Å². The third kappa shape index (κ3) is 3.52. The van der Waals surface area contributed by atoms with Crippen molar-refractivity contribution in [1.29, 1.82) is 0 Å². The summed E-state index contributed by atoms with van der Waals surface area (Å²) in [5, 5.41) is 11.4. The second-order valence-electron chi connectivity index (χ2n) is 6.82. The highest BCUT2D eigenvalue weighted by Gasteiger charge is 2.22. The lowest BCUT2D eigenvalue weighted by Crippen LogP contribution is -2.41. The Balaban J connectivity index is 1.36. The van der Waals surface area contributed by atoms with Crippen LogP contribution in [-0.2, 0) is 24.2 Å². The third-order valence-corrected chi connectivity index (χ3v) is 4.92. The Morgan fingerprint density at radius 3 is 2.58 bits per heavy atom. The molecule has 1 aliphatic rings. The van der Waals surface area contributed by atoms with Gasteiger partial charge in [-0.1, -0.05) is 54.6 Å². The van der Waals surface area contributed by atoms with Crippen LogP contribution >= 0.6 is 0 Å². The molecule has 0 spiro atoms. The third-order valence-electron chi connectivity index (χ3n) is 4.92. The standard InChI is InChI=1S/C21H22N4O/c1-15-23-24-20-12-11-19(14-25(15)20)22-21(26)13-16-7-9-18(10-8-16)17-5-3-2-4-6-17/h2-10,19H,11-14H2,1H3,(H,22,26)/t19-/m1/s1. The lowest BCUT2D eigenvalue weighted by Gasteiger charge is -2.25. The fraction of sp³-hybridized carbons (Fsp3) is 0.286.